The Labute approximate surface area is 237 Å². The molecule has 0 unspecified atom stereocenters. The number of thioether (sulfide) groups is 1. The van der Waals surface area contributed by atoms with Crippen LogP contribution in [0.3, 0.4) is 0 Å². The number of benzene rings is 2. The van der Waals surface area contributed by atoms with E-state index in [2.05, 4.69) is 5.32 Å². The van der Waals surface area contributed by atoms with Crippen molar-refractivity contribution in [3.05, 3.63) is 58.6 Å². The maximum atomic E-state index is 15.0. The Bertz CT molecular complexity index is 1290. The molecule has 2 aromatic carbocycles. The fourth-order valence-electron chi connectivity index (χ4n) is 5.02. The molecule has 2 N–H and O–H groups in total. The zero-order valence-electron chi connectivity index (χ0n) is 22.1. The van der Waals surface area contributed by atoms with Gasteiger partial charge in [0.1, 0.15) is 11.9 Å². The number of anilines is 1. The van der Waals surface area contributed by atoms with Crippen LogP contribution in [-0.2, 0) is 14.8 Å². The molecule has 0 radical (unpaired) electrons. The minimum Gasteiger partial charge on any atom is -0.376 e. The summed E-state index contributed by atoms with van der Waals surface area (Å²) in [6.45, 7) is 1.61. The molecule has 1 heterocycles. The normalized spacial score (nSPS) is 20.1. The van der Waals surface area contributed by atoms with E-state index in [9.17, 15) is 27.7 Å². The van der Waals surface area contributed by atoms with Crippen molar-refractivity contribution < 1.29 is 26.9 Å². The molecule has 1 aliphatic heterocycles. The van der Waals surface area contributed by atoms with Gasteiger partial charge in [0.2, 0.25) is 0 Å². The van der Waals surface area contributed by atoms with Gasteiger partial charge in [-0.1, -0.05) is 24.6 Å². The van der Waals surface area contributed by atoms with Crippen LogP contribution in [0.4, 0.5) is 20.2 Å². The standard InChI is InChI=1S/C27H34F2N4O5S2/c28-20-11-15-32(18-20)16-12-21(19-39-22-7-3-1-4-8-22)30-24-10-9-23(17-25(24)33(35)36)40(37,38)31-26(34)27(29)13-5-2-6-14-27/h1,3-4,7-10,17,20-21,30H,2,5-6,11-16,18-19H2,(H,31,34)/t20-,21-/m1/s1. The summed E-state index contributed by atoms with van der Waals surface area (Å²) in [6.07, 6.45) is 1.80. The minimum atomic E-state index is -4.54. The van der Waals surface area contributed by atoms with Gasteiger partial charge in [0.05, 0.1) is 9.82 Å². The first kappa shape index (κ1) is 30.2. The lowest BCUT2D eigenvalue weighted by Gasteiger charge is -2.27. The fourth-order valence-corrected chi connectivity index (χ4v) is 7.07. The monoisotopic (exact) mass is 596 g/mol. The number of likely N-dealkylation sites (tertiary alicyclic amines) is 1. The Balaban J connectivity index is 1.50. The van der Waals surface area contributed by atoms with Gasteiger partial charge in [0, 0.05) is 42.4 Å². The van der Waals surface area contributed by atoms with Crippen molar-refractivity contribution in [3.8, 4) is 0 Å². The molecular weight excluding hydrogens is 562 g/mol. The number of nitro groups is 1. The van der Waals surface area contributed by atoms with E-state index in [-0.39, 0.29) is 24.6 Å². The van der Waals surface area contributed by atoms with Crippen LogP contribution in [0.2, 0.25) is 0 Å². The topological polar surface area (TPSA) is 122 Å². The van der Waals surface area contributed by atoms with Crippen LogP contribution in [0.15, 0.2) is 58.3 Å². The van der Waals surface area contributed by atoms with Gasteiger partial charge < -0.3 is 10.2 Å². The van der Waals surface area contributed by atoms with Gasteiger partial charge in [0.15, 0.2) is 5.67 Å². The fraction of sp³-hybridized carbons (Fsp3) is 0.519. The Morgan fingerprint density at radius 2 is 1.90 bits per heavy atom. The average molecular weight is 597 g/mol. The summed E-state index contributed by atoms with van der Waals surface area (Å²) in [5.41, 5.74) is -2.64. The third-order valence-corrected chi connectivity index (χ3v) is 9.82. The Morgan fingerprint density at radius 1 is 1.18 bits per heavy atom. The molecule has 0 spiro atoms. The van der Waals surface area contributed by atoms with E-state index in [0.717, 1.165) is 23.4 Å². The first-order chi connectivity index (χ1) is 19.1. The second-order valence-electron chi connectivity index (χ2n) is 10.3. The summed E-state index contributed by atoms with van der Waals surface area (Å²) in [7, 11) is -4.54. The molecule has 1 saturated heterocycles. The van der Waals surface area contributed by atoms with Gasteiger partial charge in [-0.15, -0.1) is 11.8 Å². The Morgan fingerprint density at radius 3 is 2.55 bits per heavy atom. The summed E-state index contributed by atoms with van der Waals surface area (Å²) in [5.74, 6) is -0.685. The van der Waals surface area contributed by atoms with Gasteiger partial charge in [0.25, 0.3) is 21.6 Å². The summed E-state index contributed by atoms with van der Waals surface area (Å²) >= 11 is 1.57. The molecule has 13 heteroatoms. The predicted molar refractivity (Wildman–Crippen MR) is 150 cm³/mol. The molecule has 0 bridgehead atoms. The van der Waals surface area contributed by atoms with E-state index in [0.29, 0.717) is 51.1 Å². The van der Waals surface area contributed by atoms with Crippen molar-refractivity contribution in [1.82, 2.24) is 9.62 Å². The van der Waals surface area contributed by atoms with E-state index >= 15 is 4.39 Å². The number of amides is 1. The molecule has 9 nitrogen and oxygen atoms in total. The van der Waals surface area contributed by atoms with Crippen molar-refractivity contribution in [2.75, 3.05) is 30.7 Å². The number of sulfonamides is 1. The minimum absolute atomic E-state index is 0.0663. The molecule has 2 fully saturated rings. The van der Waals surface area contributed by atoms with Crippen LogP contribution in [-0.4, -0.2) is 67.4 Å². The van der Waals surface area contributed by atoms with E-state index in [1.807, 2.05) is 35.2 Å². The van der Waals surface area contributed by atoms with Gasteiger partial charge in [-0.25, -0.2) is 21.9 Å². The summed E-state index contributed by atoms with van der Waals surface area (Å²) in [6, 6.07) is 12.7. The maximum Gasteiger partial charge on any atom is 0.293 e. The number of nitro benzene ring substituents is 1. The third-order valence-electron chi connectivity index (χ3n) is 7.32. The molecule has 1 aliphatic carbocycles. The molecule has 2 aromatic rings. The molecule has 1 saturated carbocycles. The van der Waals surface area contributed by atoms with Gasteiger partial charge in [-0.05, 0) is 62.8 Å². The van der Waals surface area contributed by atoms with Gasteiger partial charge in [-0.3, -0.25) is 14.9 Å². The molecule has 4 rings (SSSR count). The molecule has 218 valence electrons. The van der Waals surface area contributed by atoms with Crippen molar-refractivity contribution in [3.63, 3.8) is 0 Å². The number of carbonyl (C=O) groups is 1. The predicted octanol–water partition coefficient (Wildman–Crippen LogP) is 5.08. The first-order valence-electron chi connectivity index (χ1n) is 13.4. The van der Waals surface area contributed by atoms with Gasteiger partial charge in [-0.2, -0.15) is 0 Å². The largest absolute Gasteiger partial charge is 0.376 e. The number of nitrogens with zero attached hydrogens (tertiary/aromatic N) is 2. The average Bonchev–Trinajstić information content (AvgIpc) is 3.35. The van der Waals surface area contributed by atoms with Crippen LogP contribution < -0.4 is 10.0 Å². The smallest absolute Gasteiger partial charge is 0.293 e. The molecule has 40 heavy (non-hydrogen) atoms. The highest BCUT2D eigenvalue weighted by Gasteiger charge is 2.41. The van der Waals surface area contributed by atoms with Crippen molar-refractivity contribution >= 4 is 39.1 Å². The second-order valence-corrected chi connectivity index (χ2v) is 13.1. The zero-order valence-corrected chi connectivity index (χ0v) is 23.7. The lowest BCUT2D eigenvalue weighted by atomic mass is 9.86. The van der Waals surface area contributed by atoms with Crippen LogP contribution in [0.5, 0.6) is 0 Å². The number of nitrogens with one attached hydrogen (secondary N) is 2. The highest BCUT2D eigenvalue weighted by molar-refractivity contribution is 7.99. The number of carbonyl (C=O) groups excluding carboxylic acids is 1. The molecule has 2 aliphatic rings. The van der Waals surface area contributed by atoms with Crippen LogP contribution in [0, 0.1) is 10.1 Å². The highest BCUT2D eigenvalue weighted by Crippen LogP contribution is 2.33. The molecule has 0 aromatic heterocycles. The zero-order chi connectivity index (χ0) is 28.8. The lowest BCUT2D eigenvalue weighted by Crippen LogP contribution is -2.46. The van der Waals surface area contributed by atoms with E-state index in [1.165, 1.54) is 6.07 Å². The highest BCUT2D eigenvalue weighted by atomic mass is 32.2. The number of alkyl halides is 2. The summed E-state index contributed by atoms with van der Waals surface area (Å²) in [4.78, 5) is 26.3. The Hall–Kier alpha value is -2.77. The summed E-state index contributed by atoms with van der Waals surface area (Å²) in [5, 5.41) is 15.1. The number of rotatable bonds is 12. The van der Waals surface area contributed by atoms with Crippen LogP contribution >= 0.6 is 11.8 Å². The number of hydrogen-bond acceptors (Lipinski definition) is 8. The van der Waals surface area contributed by atoms with Crippen LogP contribution in [0.25, 0.3) is 0 Å². The van der Waals surface area contributed by atoms with E-state index < -0.39 is 43.3 Å². The number of hydrogen-bond donors (Lipinski definition) is 2. The van der Waals surface area contributed by atoms with Crippen molar-refractivity contribution in [2.24, 2.45) is 0 Å². The van der Waals surface area contributed by atoms with E-state index in [4.69, 9.17) is 0 Å². The second kappa shape index (κ2) is 13.3. The van der Waals surface area contributed by atoms with E-state index in [1.54, 1.807) is 16.5 Å². The number of halogens is 2. The molecule has 2 atom stereocenters. The van der Waals surface area contributed by atoms with Crippen molar-refractivity contribution in [1.29, 1.82) is 0 Å². The first-order valence-corrected chi connectivity index (χ1v) is 15.9. The lowest BCUT2D eigenvalue weighted by molar-refractivity contribution is -0.384. The van der Waals surface area contributed by atoms with Gasteiger partial charge >= 0.3 is 0 Å². The maximum absolute atomic E-state index is 15.0. The van der Waals surface area contributed by atoms with Crippen LogP contribution in [0.1, 0.15) is 44.9 Å². The SMILES string of the molecule is O=C(NS(=O)(=O)c1ccc(N[C@H](CCN2CC[C@@H](F)C2)CSc2ccccc2)c([N+](=O)[O-])c1)C1(F)CCCCC1. The van der Waals surface area contributed by atoms with Crippen molar-refractivity contribution in [2.45, 2.75) is 72.6 Å². The molecular formula is C27H34F2N4O5S2. The third kappa shape index (κ3) is 7.91. The molecule has 1 amide bonds. The Kier molecular flexibility index (Phi) is 10.0. The quantitative estimate of drug-likeness (QED) is 0.198. The summed E-state index contributed by atoms with van der Waals surface area (Å²) < 4.78 is 56.2.